The third kappa shape index (κ3) is 6.63. The molecule has 1 fully saturated rings. The molecule has 10 heteroatoms. The number of rotatable bonds is 11. The number of carbonyl (C=O) groups excluding carboxylic acids is 4. The van der Waals surface area contributed by atoms with Crippen molar-refractivity contribution in [1.29, 1.82) is 0 Å². The zero-order chi connectivity index (χ0) is 27.9. The van der Waals surface area contributed by atoms with E-state index >= 15 is 0 Å². The zero-order valence-corrected chi connectivity index (χ0v) is 22.2. The second kappa shape index (κ2) is 12.6. The topological polar surface area (TPSA) is 111 Å². The number of anilines is 1. The van der Waals surface area contributed by atoms with Gasteiger partial charge >= 0.3 is 5.97 Å². The SMILES string of the molecule is COc1ccc(CCNC2CC(=O)N(c3ccc(C(=O)OCC(=O)c4ccc(Cl)cc4)cc3)C2=O)cc1OC. The Morgan fingerprint density at radius 3 is 2.26 bits per heavy atom. The summed E-state index contributed by atoms with van der Waals surface area (Å²) in [4.78, 5) is 51.3. The van der Waals surface area contributed by atoms with Crippen LogP contribution in [0.1, 0.15) is 32.7 Å². The average molecular weight is 551 g/mol. The van der Waals surface area contributed by atoms with Gasteiger partial charge in [-0.15, -0.1) is 0 Å². The summed E-state index contributed by atoms with van der Waals surface area (Å²) in [5.74, 6) is -0.517. The zero-order valence-electron chi connectivity index (χ0n) is 21.4. The number of esters is 1. The molecule has 0 aromatic heterocycles. The molecule has 1 atom stereocenters. The van der Waals surface area contributed by atoms with Gasteiger partial charge in [0.05, 0.1) is 37.9 Å². The van der Waals surface area contributed by atoms with Gasteiger partial charge in [0.25, 0.3) is 5.91 Å². The van der Waals surface area contributed by atoms with Crippen molar-refractivity contribution in [3.8, 4) is 11.5 Å². The first-order valence-electron chi connectivity index (χ1n) is 12.2. The first-order chi connectivity index (χ1) is 18.8. The molecule has 1 unspecified atom stereocenters. The molecule has 0 radical (unpaired) electrons. The number of methoxy groups -OCH3 is 2. The lowest BCUT2D eigenvalue weighted by Gasteiger charge is -2.16. The Hall–Kier alpha value is -4.21. The molecular formula is C29H27ClN2O7. The number of imide groups is 1. The van der Waals surface area contributed by atoms with Crippen LogP contribution in [0.2, 0.25) is 5.02 Å². The maximum Gasteiger partial charge on any atom is 0.338 e. The molecule has 39 heavy (non-hydrogen) atoms. The molecule has 0 spiro atoms. The van der Waals surface area contributed by atoms with Crippen molar-refractivity contribution in [3.63, 3.8) is 0 Å². The van der Waals surface area contributed by atoms with E-state index in [0.29, 0.717) is 40.7 Å². The second-order valence-corrected chi connectivity index (χ2v) is 9.21. The van der Waals surface area contributed by atoms with Gasteiger partial charge in [-0.1, -0.05) is 17.7 Å². The molecule has 2 amide bonds. The van der Waals surface area contributed by atoms with Crippen molar-refractivity contribution in [2.24, 2.45) is 0 Å². The molecule has 1 aliphatic rings. The maximum absolute atomic E-state index is 13.0. The lowest BCUT2D eigenvalue weighted by Crippen LogP contribution is -2.39. The number of carbonyl (C=O) groups is 4. The summed E-state index contributed by atoms with van der Waals surface area (Å²) >= 11 is 5.82. The summed E-state index contributed by atoms with van der Waals surface area (Å²) in [6.45, 7) is 0.0501. The second-order valence-electron chi connectivity index (χ2n) is 8.77. The number of nitrogens with zero attached hydrogens (tertiary/aromatic N) is 1. The van der Waals surface area contributed by atoms with E-state index in [4.69, 9.17) is 25.8 Å². The Kier molecular flexibility index (Phi) is 8.96. The lowest BCUT2D eigenvalue weighted by atomic mass is 10.1. The van der Waals surface area contributed by atoms with E-state index in [-0.39, 0.29) is 29.6 Å². The number of hydrogen-bond acceptors (Lipinski definition) is 8. The molecule has 1 heterocycles. The quantitative estimate of drug-likeness (QED) is 0.218. The third-order valence-corrected chi connectivity index (χ3v) is 6.51. The molecule has 0 saturated carbocycles. The summed E-state index contributed by atoms with van der Waals surface area (Å²) in [5, 5.41) is 3.65. The van der Waals surface area contributed by atoms with Gasteiger partial charge in [-0.05, 0) is 79.2 Å². The van der Waals surface area contributed by atoms with Crippen molar-refractivity contribution in [3.05, 3.63) is 88.4 Å². The molecule has 0 bridgehead atoms. The highest BCUT2D eigenvalue weighted by Crippen LogP contribution is 2.28. The molecule has 3 aromatic rings. The highest BCUT2D eigenvalue weighted by Gasteiger charge is 2.39. The van der Waals surface area contributed by atoms with E-state index in [2.05, 4.69) is 5.32 Å². The van der Waals surface area contributed by atoms with E-state index in [9.17, 15) is 19.2 Å². The Bertz CT molecular complexity index is 1370. The fourth-order valence-corrected chi connectivity index (χ4v) is 4.30. The standard InChI is InChI=1S/C29H27ClN2O7/c1-37-25-12-3-18(15-26(25)38-2)13-14-31-23-16-27(34)32(28(23)35)22-10-6-20(7-11-22)29(36)39-17-24(33)19-4-8-21(30)9-5-19/h3-12,15,23,31H,13-14,16-17H2,1-2H3. The molecule has 1 aliphatic heterocycles. The molecule has 0 aliphatic carbocycles. The van der Waals surface area contributed by atoms with E-state index in [1.165, 1.54) is 24.3 Å². The largest absolute Gasteiger partial charge is 0.493 e. The summed E-state index contributed by atoms with van der Waals surface area (Å²) in [7, 11) is 3.13. The maximum atomic E-state index is 13.0. The smallest absolute Gasteiger partial charge is 0.338 e. The van der Waals surface area contributed by atoms with Gasteiger partial charge < -0.3 is 19.5 Å². The minimum atomic E-state index is -0.697. The van der Waals surface area contributed by atoms with Crippen LogP contribution >= 0.6 is 11.6 Å². The number of benzene rings is 3. The van der Waals surface area contributed by atoms with Gasteiger partial charge in [-0.3, -0.25) is 14.4 Å². The monoisotopic (exact) mass is 550 g/mol. The average Bonchev–Trinajstić information content (AvgIpc) is 3.24. The summed E-state index contributed by atoms with van der Waals surface area (Å²) in [5.41, 5.74) is 1.90. The number of nitrogens with one attached hydrogen (secondary N) is 1. The van der Waals surface area contributed by atoms with Crippen LogP contribution in [0.3, 0.4) is 0 Å². The van der Waals surface area contributed by atoms with Crippen LogP contribution in [0.4, 0.5) is 5.69 Å². The van der Waals surface area contributed by atoms with E-state index in [0.717, 1.165) is 10.5 Å². The molecule has 202 valence electrons. The summed E-state index contributed by atoms with van der Waals surface area (Å²) < 4.78 is 15.7. The predicted molar refractivity (Wildman–Crippen MR) is 145 cm³/mol. The molecule has 3 aromatic carbocycles. The van der Waals surface area contributed by atoms with Crippen LogP contribution in [0.15, 0.2) is 66.7 Å². The van der Waals surface area contributed by atoms with Crippen LogP contribution < -0.4 is 19.7 Å². The number of ether oxygens (including phenoxy) is 3. The normalized spacial score (nSPS) is 14.8. The highest BCUT2D eigenvalue weighted by atomic mass is 35.5. The van der Waals surface area contributed by atoms with Crippen LogP contribution in [0.5, 0.6) is 11.5 Å². The molecule has 1 saturated heterocycles. The van der Waals surface area contributed by atoms with E-state index in [1.54, 1.807) is 38.5 Å². The minimum Gasteiger partial charge on any atom is -0.493 e. The van der Waals surface area contributed by atoms with Gasteiger partial charge in [-0.2, -0.15) is 0 Å². The Labute approximate surface area is 230 Å². The molecule has 4 rings (SSSR count). The lowest BCUT2D eigenvalue weighted by molar-refractivity contribution is -0.121. The van der Waals surface area contributed by atoms with Crippen LogP contribution in [0, 0.1) is 0 Å². The van der Waals surface area contributed by atoms with Crippen molar-refractivity contribution >= 4 is 40.9 Å². The van der Waals surface area contributed by atoms with Crippen molar-refractivity contribution in [1.82, 2.24) is 5.32 Å². The molecular weight excluding hydrogens is 524 g/mol. The Balaban J connectivity index is 1.30. The number of amides is 2. The predicted octanol–water partition coefficient (Wildman–Crippen LogP) is 3.86. The van der Waals surface area contributed by atoms with Gasteiger partial charge in [0.1, 0.15) is 0 Å². The van der Waals surface area contributed by atoms with Crippen molar-refractivity contribution in [2.45, 2.75) is 18.9 Å². The number of ketones is 1. The molecule has 1 N–H and O–H groups in total. The van der Waals surface area contributed by atoms with E-state index in [1.807, 2.05) is 18.2 Å². The minimum absolute atomic E-state index is 0.0291. The third-order valence-electron chi connectivity index (χ3n) is 6.26. The van der Waals surface area contributed by atoms with Crippen LogP contribution in [-0.4, -0.2) is 57.0 Å². The summed E-state index contributed by atoms with van der Waals surface area (Å²) in [6.07, 6.45) is 0.650. The van der Waals surface area contributed by atoms with Crippen LogP contribution in [0.25, 0.3) is 0 Å². The van der Waals surface area contributed by atoms with Crippen LogP contribution in [-0.2, 0) is 20.7 Å². The van der Waals surface area contributed by atoms with Gasteiger partial charge in [-0.25, -0.2) is 9.69 Å². The first-order valence-corrected chi connectivity index (χ1v) is 12.6. The van der Waals surface area contributed by atoms with Crippen molar-refractivity contribution < 1.29 is 33.4 Å². The number of halogens is 1. The first kappa shape index (κ1) is 27.8. The van der Waals surface area contributed by atoms with Gasteiger partial charge in [0, 0.05) is 10.6 Å². The van der Waals surface area contributed by atoms with E-state index < -0.39 is 18.6 Å². The molecule has 9 nitrogen and oxygen atoms in total. The number of hydrogen-bond donors (Lipinski definition) is 1. The number of Topliss-reactive ketones (excluding diaryl/α,β-unsaturated/α-hetero) is 1. The van der Waals surface area contributed by atoms with Gasteiger partial charge in [0.15, 0.2) is 23.9 Å². The fourth-order valence-electron chi connectivity index (χ4n) is 4.17. The highest BCUT2D eigenvalue weighted by molar-refractivity contribution is 6.30. The van der Waals surface area contributed by atoms with Crippen molar-refractivity contribution in [2.75, 3.05) is 32.3 Å². The van der Waals surface area contributed by atoms with Gasteiger partial charge in [0.2, 0.25) is 5.91 Å². The summed E-state index contributed by atoms with van der Waals surface area (Å²) in [6, 6.07) is 17.1. The fraction of sp³-hybridized carbons (Fsp3) is 0.241. The Morgan fingerprint density at radius 1 is 0.923 bits per heavy atom. The Morgan fingerprint density at radius 2 is 1.59 bits per heavy atom.